The van der Waals surface area contributed by atoms with E-state index >= 15 is 0 Å². The number of esters is 1. The normalized spacial score (nSPS) is 10.2. The second-order valence-electron chi connectivity index (χ2n) is 4.42. The second kappa shape index (κ2) is 6.45. The van der Waals surface area contributed by atoms with Crippen molar-refractivity contribution in [1.82, 2.24) is 4.98 Å². The maximum absolute atomic E-state index is 12.0. The first-order chi connectivity index (χ1) is 10.0. The van der Waals surface area contributed by atoms with Crippen LogP contribution in [0.1, 0.15) is 21.7 Å². The summed E-state index contributed by atoms with van der Waals surface area (Å²) < 4.78 is 10.4. The number of aryl methyl sites for hydroxylation is 1. The Morgan fingerprint density at radius 3 is 2.86 bits per heavy atom. The molecule has 0 aliphatic heterocycles. The van der Waals surface area contributed by atoms with Crippen LogP contribution in [-0.2, 0) is 11.3 Å². The van der Waals surface area contributed by atoms with E-state index in [1.165, 1.54) is 0 Å². The number of carbonyl (C=O) groups is 1. The van der Waals surface area contributed by atoms with E-state index in [-0.39, 0.29) is 17.9 Å². The third-order valence-corrected chi connectivity index (χ3v) is 3.17. The summed E-state index contributed by atoms with van der Waals surface area (Å²) in [6.45, 7) is 1.87. The number of methoxy groups -OCH3 is 1. The lowest BCUT2D eigenvalue weighted by Crippen LogP contribution is -2.09. The fraction of sp³-hybridized carbons (Fsp3) is 0.200. The average molecular weight is 307 g/mol. The lowest BCUT2D eigenvalue weighted by molar-refractivity contribution is 0.0468. The van der Waals surface area contributed by atoms with Gasteiger partial charge in [-0.05, 0) is 19.1 Å². The topological polar surface area (TPSA) is 74.4 Å². The van der Waals surface area contributed by atoms with Gasteiger partial charge < -0.3 is 15.2 Å². The van der Waals surface area contributed by atoms with Gasteiger partial charge in [0.25, 0.3) is 0 Å². The van der Waals surface area contributed by atoms with Gasteiger partial charge in [-0.15, -0.1) is 0 Å². The van der Waals surface area contributed by atoms with Crippen LogP contribution in [-0.4, -0.2) is 18.1 Å². The van der Waals surface area contributed by atoms with E-state index in [1.807, 2.05) is 6.92 Å². The van der Waals surface area contributed by atoms with Gasteiger partial charge in [0, 0.05) is 17.8 Å². The number of ether oxygens (including phenoxy) is 2. The Kier molecular flexibility index (Phi) is 4.65. The molecule has 0 spiro atoms. The van der Waals surface area contributed by atoms with E-state index in [1.54, 1.807) is 37.4 Å². The van der Waals surface area contributed by atoms with E-state index in [0.717, 1.165) is 5.69 Å². The molecule has 1 heterocycles. The Bertz CT molecular complexity index is 674. The van der Waals surface area contributed by atoms with Crippen LogP contribution in [0.5, 0.6) is 5.75 Å². The van der Waals surface area contributed by atoms with Gasteiger partial charge in [0.05, 0.1) is 29.1 Å². The molecule has 110 valence electrons. The van der Waals surface area contributed by atoms with E-state index in [4.69, 9.17) is 26.8 Å². The van der Waals surface area contributed by atoms with Gasteiger partial charge in [-0.2, -0.15) is 0 Å². The van der Waals surface area contributed by atoms with Crippen LogP contribution in [0.25, 0.3) is 0 Å². The summed E-state index contributed by atoms with van der Waals surface area (Å²) in [6, 6.07) is 8.32. The molecule has 0 bridgehead atoms. The third kappa shape index (κ3) is 3.64. The lowest BCUT2D eigenvalue weighted by atomic mass is 10.2. The molecule has 2 N–H and O–H groups in total. The number of nitrogens with zero attached hydrogens (tertiary/aromatic N) is 1. The van der Waals surface area contributed by atoms with Crippen molar-refractivity contribution in [3.8, 4) is 5.75 Å². The molecule has 0 radical (unpaired) electrons. The third-order valence-electron chi connectivity index (χ3n) is 2.84. The molecule has 2 rings (SSSR count). The molecular weight excluding hydrogens is 292 g/mol. The van der Waals surface area contributed by atoms with Gasteiger partial charge in [-0.3, -0.25) is 4.98 Å². The van der Waals surface area contributed by atoms with Gasteiger partial charge in [0.1, 0.15) is 12.4 Å². The largest absolute Gasteiger partial charge is 0.497 e. The minimum absolute atomic E-state index is 0.0306. The molecule has 0 aliphatic rings. The summed E-state index contributed by atoms with van der Waals surface area (Å²) in [7, 11) is 1.57. The summed E-state index contributed by atoms with van der Waals surface area (Å²) in [5.41, 5.74) is 7.58. The van der Waals surface area contributed by atoms with Crippen molar-refractivity contribution in [2.75, 3.05) is 12.8 Å². The molecule has 0 saturated heterocycles. The summed E-state index contributed by atoms with van der Waals surface area (Å²) in [5, 5.41) is 0.319. The maximum atomic E-state index is 12.0. The van der Waals surface area contributed by atoms with Crippen LogP contribution in [0.4, 0.5) is 5.69 Å². The van der Waals surface area contributed by atoms with Gasteiger partial charge in [-0.25, -0.2) is 4.79 Å². The molecule has 0 atom stereocenters. The molecule has 1 aromatic carbocycles. The van der Waals surface area contributed by atoms with Crippen molar-refractivity contribution in [3.05, 3.63) is 52.3 Å². The Hall–Kier alpha value is -2.27. The van der Waals surface area contributed by atoms with Gasteiger partial charge >= 0.3 is 5.97 Å². The number of pyridine rings is 1. The quantitative estimate of drug-likeness (QED) is 0.694. The predicted molar refractivity (Wildman–Crippen MR) is 80.5 cm³/mol. The van der Waals surface area contributed by atoms with Crippen molar-refractivity contribution < 1.29 is 14.3 Å². The Morgan fingerprint density at radius 2 is 2.14 bits per heavy atom. The number of aromatic nitrogens is 1. The fourth-order valence-corrected chi connectivity index (χ4v) is 2.00. The number of benzene rings is 1. The molecule has 5 nitrogen and oxygen atoms in total. The zero-order valence-electron chi connectivity index (χ0n) is 11.7. The number of nitrogen functional groups attached to an aromatic ring is 1. The van der Waals surface area contributed by atoms with E-state index in [9.17, 15) is 4.79 Å². The highest BCUT2D eigenvalue weighted by Crippen LogP contribution is 2.23. The molecular formula is C15H15ClN2O3. The standard InChI is InChI=1S/C15H15ClN2O3/c1-9-6-11(20-2)7-10(18-9)8-21-15(19)12-4-3-5-13(16)14(12)17/h3-7H,8,17H2,1-2H3. The Morgan fingerprint density at radius 1 is 1.38 bits per heavy atom. The number of halogens is 1. The van der Waals surface area contributed by atoms with Crippen molar-refractivity contribution >= 4 is 23.3 Å². The summed E-state index contributed by atoms with van der Waals surface area (Å²) >= 11 is 5.87. The van der Waals surface area contributed by atoms with Gasteiger partial charge in [0.2, 0.25) is 0 Å². The van der Waals surface area contributed by atoms with Crippen molar-refractivity contribution in [3.63, 3.8) is 0 Å². The Labute approximate surface area is 127 Å². The molecule has 6 heteroatoms. The van der Waals surface area contributed by atoms with E-state index < -0.39 is 5.97 Å². The smallest absolute Gasteiger partial charge is 0.340 e. The number of rotatable bonds is 4. The first-order valence-corrected chi connectivity index (χ1v) is 6.61. The van der Waals surface area contributed by atoms with Crippen LogP contribution in [0.15, 0.2) is 30.3 Å². The van der Waals surface area contributed by atoms with E-state index in [2.05, 4.69) is 4.98 Å². The van der Waals surface area contributed by atoms with Crippen LogP contribution < -0.4 is 10.5 Å². The lowest BCUT2D eigenvalue weighted by Gasteiger charge is -2.09. The molecule has 0 saturated carbocycles. The number of carbonyl (C=O) groups excluding carboxylic acids is 1. The zero-order valence-corrected chi connectivity index (χ0v) is 12.5. The molecule has 21 heavy (non-hydrogen) atoms. The first-order valence-electron chi connectivity index (χ1n) is 6.24. The number of hydrogen-bond donors (Lipinski definition) is 1. The second-order valence-corrected chi connectivity index (χ2v) is 4.82. The minimum atomic E-state index is -0.544. The summed E-state index contributed by atoms with van der Waals surface area (Å²) in [5.74, 6) is 0.119. The number of anilines is 1. The molecule has 0 aliphatic carbocycles. The zero-order chi connectivity index (χ0) is 15.4. The Balaban J connectivity index is 2.11. The number of nitrogens with two attached hydrogens (primary N) is 1. The minimum Gasteiger partial charge on any atom is -0.497 e. The van der Waals surface area contributed by atoms with Crippen LogP contribution in [0.3, 0.4) is 0 Å². The van der Waals surface area contributed by atoms with Gasteiger partial charge in [-0.1, -0.05) is 17.7 Å². The van der Waals surface area contributed by atoms with Crippen molar-refractivity contribution in [2.45, 2.75) is 13.5 Å². The predicted octanol–water partition coefficient (Wildman–Crippen LogP) is 2.99. The number of para-hydroxylation sites is 1. The number of hydrogen-bond acceptors (Lipinski definition) is 5. The van der Waals surface area contributed by atoms with Crippen LogP contribution in [0.2, 0.25) is 5.02 Å². The fourth-order valence-electron chi connectivity index (χ4n) is 1.83. The van der Waals surface area contributed by atoms with E-state index in [0.29, 0.717) is 16.5 Å². The maximum Gasteiger partial charge on any atom is 0.340 e. The van der Waals surface area contributed by atoms with Crippen molar-refractivity contribution in [2.24, 2.45) is 0 Å². The molecule has 1 aromatic heterocycles. The van der Waals surface area contributed by atoms with Gasteiger partial charge in [0.15, 0.2) is 0 Å². The highest BCUT2D eigenvalue weighted by Gasteiger charge is 2.13. The molecule has 0 fully saturated rings. The molecule has 0 amide bonds. The SMILES string of the molecule is COc1cc(C)nc(COC(=O)c2cccc(Cl)c2N)c1. The molecule has 2 aromatic rings. The first kappa shape index (κ1) is 15.1. The summed E-state index contributed by atoms with van der Waals surface area (Å²) in [4.78, 5) is 16.3. The highest BCUT2D eigenvalue weighted by molar-refractivity contribution is 6.33. The molecule has 0 unspecified atom stereocenters. The average Bonchev–Trinajstić information content (AvgIpc) is 2.47. The van der Waals surface area contributed by atoms with Crippen LogP contribution in [0, 0.1) is 6.92 Å². The summed E-state index contributed by atoms with van der Waals surface area (Å²) in [6.07, 6.45) is 0. The van der Waals surface area contributed by atoms with Crippen LogP contribution >= 0.6 is 11.6 Å². The highest BCUT2D eigenvalue weighted by atomic mass is 35.5. The van der Waals surface area contributed by atoms with Crippen molar-refractivity contribution in [1.29, 1.82) is 0 Å². The monoisotopic (exact) mass is 306 g/mol.